The average Bonchev–Trinajstić information content (AvgIpc) is 2.44. The Hall–Kier alpha value is -2.12. The van der Waals surface area contributed by atoms with Crippen LogP contribution in [0.5, 0.6) is 5.75 Å². The monoisotopic (exact) mass is 293 g/mol. The van der Waals surface area contributed by atoms with Crippen LogP contribution in [0.25, 0.3) is 0 Å². The van der Waals surface area contributed by atoms with E-state index in [9.17, 15) is 8.42 Å². The predicted octanol–water partition coefficient (Wildman–Crippen LogP) is 1.22. The van der Waals surface area contributed by atoms with Crippen molar-refractivity contribution in [3.63, 3.8) is 0 Å². The highest BCUT2D eigenvalue weighted by molar-refractivity contribution is 7.89. The van der Waals surface area contributed by atoms with Gasteiger partial charge in [-0.3, -0.25) is 4.98 Å². The van der Waals surface area contributed by atoms with Crippen LogP contribution in [-0.4, -0.2) is 26.6 Å². The molecule has 0 spiro atoms. The van der Waals surface area contributed by atoms with Crippen LogP contribution in [0.4, 0.5) is 5.69 Å². The number of para-hydroxylation sites is 1. The highest BCUT2D eigenvalue weighted by Crippen LogP contribution is 2.21. The molecule has 2 rings (SSSR count). The lowest BCUT2D eigenvalue weighted by Crippen LogP contribution is -2.16. The minimum atomic E-state index is -3.78. The molecule has 0 aliphatic heterocycles. The quantitative estimate of drug-likeness (QED) is 0.781. The molecule has 0 saturated heterocycles. The number of hydrogen-bond donors (Lipinski definition) is 2. The molecule has 0 fully saturated rings. The second kappa shape index (κ2) is 6.36. The zero-order chi connectivity index (χ0) is 14.4. The molecule has 7 heteroatoms. The molecule has 20 heavy (non-hydrogen) atoms. The van der Waals surface area contributed by atoms with Crippen LogP contribution in [0.15, 0.2) is 53.7 Å². The Bertz CT molecular complexity index is 660. The zero-order valence-electron chi connectivity index (χ0n) is 10.7. The lowest BCUT2D eigenvalue weighted by Gasteiger charge is -2.11. The number of sulfonamides is 1. The number of ether oxygens (including phenoxy) is 1. The number of aromatic nitrogens is 1. The third-order valence-electron chi connectivity index (χ3n) is 2.52. The van der Waals surface area contributed by atoms with Gasteiger partial charge < -0.3 is 10.1 Å². The second-order valence-corrected chi connectivity index (χ2v) is 5.53. The second-order valence-electron chi connectivity index (χ2n) is 4.00. The Morgan fingerprint density at radius 1 is 1.15 bits per heavy atom. The minimum absolute atomic E-state index is 0.0103. The van der Waals surface area contributed by atoms with E-state index in [0.29, 0.717) is 13.2 Å². The zero-order valence-corrected chi connectivity index (χ0v) is 11.5. The molecule has 0 bridgehead atoms. The Balaban J connectivity index is 1.92. The predicted molar refractivity (Wildman–Crippen MR) is 76.0 cm³/mol. The van der Waals surface area contributed by atoms with E-state index >= 15 is 0 Å². The molecule has 0 aliphatic rings. The molecule has 0 saturated carbocycles. The fourth-order valence-corrected chi connectivity index (χ4v) is 2.31. The summed E-state index contributed by atoms with van der Waals surface area (Å²) in [6.45, 7) is 0.845. The summed E-state index contributed by atoms with van der Waals surface area (Å²) in [5.41, 5.74) is 0.920. The number of pyridine rings is 1. The normalized spacial score (nSPS) is 11.1. The van der Waals surface area contributed by atoms with Crippen molar-refractivity contribution in [3.05, 3.63) is 48.8 Å². The topological polar surface area (TPSA) is 94.3 Å². The lowest BCUT2D eigenvalue weighted by atomic mass is 10.3. The number of anilines is 1. The number of hydrogen-bond acceptors (Lipinski definition) is 5. The minimum Gasteiger partial charge on any atom is -0.490 e. The maximum atomic E-state index is 11.4. The largest absolute Gasteiger partial charge is 0.490 e. The molecule has 3 N–H and O–H groups in total. The fraction of sp³-hybridized carbons (Fsp3) is 0.154. The van der Waals surface area contributed by atoms with E-state index in [1.807, 2.05) is 12.1 Å². The first-order chi connectivity index (χ1) is 9.57. The lowest BCUT2D eigenvalue weighted by molar-refractivity contribution is 0.324. The van der Waals surface area contributed by atoms with Crippen molar-refractivity contribution in [2.75, 3.05) is 18.5 Å². The number of rotatable bonds is 6. The van der Waals surface area contributed by atoms with E-state index in [0.717, 1.165) is 5.69 Å². The summed E-state index contributed by atoms with van der Waals surface area (Å²) in [5.74, 6) is 0.256. The van der Waals surface area contributed by atoms with Gasteiger partial charge in [0.25, 0.3) is 0 Å². The van der Waals surface area contributed by atoms with Crippen molar-refractivity contribution in [2.24, 2.45) is 5.14 Å². The van der Waals surface area contributed by atoms with E-state index in [2.05, 4.69) is 10.3 Å². The summed E-state index contributed by atoms with van der Waals surface area (Å²) in [6, 6.07) is 9.95. The van der Waals surface area contributed by atoms with Crippen molar-refractivity contribution in [1.82, 2.24) is 4.98 Å². The molecule has 0 amide bonds. The molecule has 0 radical (unpaired) electrons. The summed E-state index contributed by atoms with van der Waals surface area (Å²) in [4.78, 5) is 3.90. The summed E-state index contributed by atoms with van der Waals surface area (Å²) in [6.07, 6.45) is 3.36. The SMILES string of the molecule is NS(=O)(=O)c1ccccc1OCCNc1ccncc1. The van der Waals surface area contributed by atoms with Gasteiger partial charge in [-0.25, -0.2) is 13.6 Å². The van der Waals surface area contributed by atoms with Crippen molar-refractivity contribution < 1.29 is 13.2 Å². The van der Waals surface area contributed by atoms with Crippen LogP contribution in [0.1, 0.15) is 0 Å². The number of nitrogens with two attached hydrogens (primary N) is 1. The molecule has 1 aromatic heterocycles. The molecule has 0 aliphatic carbocycles. The number of primary sulfonamides is 1. The average molecular weight is 293 g/mol. The summed E-state index contributed by atoms with van der Waals surface area (Å²) in [5, 5.41) is 8.25. The van der Waals surface area contributed by atoms with Crippen molar-refractivity contribution >= 4 is 15.7 Å². The molecule has 1 aromatic carbocycles. The Labute approximate surface area is 117 Å². The van der Waals surface area contributed by atoms with E-state index in [4.69, 9.17) is 9.88 Å². The first-order valence-corrected chi connectivity index (χ1v) is 7.50. The third kappa shape index (κ3) is 3.94. The van der Waals surface area contributed by atoms with Crippen LogP contribution in [-0.2, 0) is 10.0 Å². The van der Waals surface area contributed by atoms with Gasteiger partial charge in [0, 0.05) is 24.6 Å². The van der Waals surface area contributed by atoms with Gasteiger partial charge in [-0.05, 0) is 24.3 Å². The summed E-state index contributed by atoms with van der Waals surface area (Å²) in [7, 11) is -3.78. The highest BCUT2D eigenvalue weighted by atomic mass is 32.2. The highest BCUT2D eigenvalue weighted by Gasteiger charge is 2.13. The molecule has 0 unspecified atom stereocenters. The van der Waals surface area contributed by atoms with Gasteiger partial charge in [-0.15, -0.1) is 0 Å². The van der Waals surface area contributed by atoms with Crippen LogP contribution >= 0.6 is 0 Å². The van der Waals surface area contributed by atoms with Gasteiger partial charge in [0.15, 0.2) is 0 Å². The first-order valence-electron chi connectivity index (χ1n) is 5.96. The van der Waals surface area contributed by atoms with Gasteiger partial charge in [0.05, 0.1) is 0 Å². The van der Waals surface area contributed by atoms with Gasteiger partial charge in [-0.2, -0.15) is 0 Å². The number of nitrogens with zero attached hydrogens (tertiary/aromatic N) is 1. The van der Waals surface area contributed by atoms with E-state index in [1.165, 1.54) is 6.07 Å². The summed E-state index contributed by atoms with van der Waals surface area (Å²) >= 11 is 0. The van der Waals surface area contributed by atoms with Crippen molar-refractivity contribution in [2.45, 2.75) is 4.90 Å². The maximum Gasteiger partial charge on any atom is 0.241 e. The fourth-order valence-electron chi connectivity index (χ4n) is 1.63. The van der Waals surface area contributed by atoms with Crippen LogP contribution in [0, 0.1) is 0 Å². The molecule has 0 atom stereocenters. The summed E-state index contributed by atoms with van der Waals surface area (Å²) < 4.78 is 28.2. The van der Waals surface area contributed by atoms with E-state index in [1.54, 1.807) is 30.6 Å². The van der Waals surface area contributed by atoms with E-state index < -0.39 is 10.0 Å². The van der Waals surface area contributed by atoms with Crippen LogP contribution < -0.4 is 15.2 Å². The van der Waals surface area contributed by atoms with Crippen molar-refractivity contribution in [1.29, 1.82) is 0 Å². The smallest absolute Gasteiger partial charge is 0.241 e. The van der Waals surface area contributed by atoms with Gasteiger partial charge in [0.2, 0.25) is 10.0 Å². The van der Waals surface area contributed by atoms with Gasteiger partial charge >= 0.3 is 0 Å². The van der Waals surface area contributed by atoms with E-state index in [-0.39, 0.29) is 10.6 Å². The third-order valence-corrected chi connectivity index (χ3v) is 3.48. The molecule has 6 nitrogen and oxygen atoms in total. The molecular formula is C13H15N3O3S. The van der Waals surface area contributed by atoms with Crippen molar-refractivity contribution in [3.8, 4) is 5.75 Å². The maximum absolute atomic E-state index is 11.4. The Kier molecular flexibility index (Phi) is 4.54. The molecule has 106 valence electrons. The van der Waals surface area contributed by atoms with Crippen LogP contribution in [0.3, 0.4) is 0 Å². The Morgan fingerprint density at radius 2 is 1.85 bits per heavy atom. The van der Waals surface area contributed by atoms with Crippen LogP contribution in [0.2, 0.25) is 0 Å². The molecule has 1 heterocycles. The number of nitrogens with one attached hydrogen (secondary N) is 1. The number of benzene rings is 1. The molecule has 2 aromatic rings. The first kappa shape index (κ1) is 14.3. The standard InChI is InChI=1S/C13H15N3O3S/c14-20(17,18)13-4-2-1-3-12(13)19-10-9-16-11-5-7-15-8-6-11/h1-8H,9-10H2,(H,15,16)(H2,14,17,18). The molecular weight excluding hydrogens is 278 g/mol. The van der Waals surface area contributed by atoms with Gasteiger partial charge in [0.1, 0.15) is 17.3 Å². The van der Waals surface area contributed by atoms with Gasteiger partial charge in [-0.1, -0.05) is 12.1 Å². The Morgan fingerprint density at radius 3 is 2.55 bits per heavy atom.